The van der Waals surface area contributed by atoms with E-state index in [1.165, 1.54) is 12.8 Å². The van der Waals surface area contributed by atoms with Crippen molar-refractivity contribution in [1.82, 2.24) is 5.32 Å². The van der Waals surface area contributed by atoms with E-state index in [2.05, 4.69) is 12.2 Å². The van der Waals surface area contributed by atoms with Crippen LogP contribution in [0.3, 0.4) is 0 Å². The molecule has 1 aromatic rings. The molecule has 1 aliphatic rings. The van der Waals surface area contributed by atoms with Crippen molar-refractivity contribution in [2.75, 3.05) is 13.2 Å². The smallest absolute Gasteiger partial charge is 0.244 e. The second-order valence-electron chi connectivity index (χ2n) is 5.54. The molecule has 0 bridgehead atoms. The fourth-order valence-electron chi connectivity index (χ4n) is 2.33. The lowest BCUT2D eigenvalue weighted by Gasteiger charge is -2.12. The van der Waals surface area contributed by atoms with Gasteiger partial charge in [-0.2, -0.15) is 0 Å². The van der Waals surface area contributed by atoms with E-state index in [0.29, 0.717) is 24.9 Å². The lowest BCUT2D eigenvalue weighted by atomic mass is 10.1. The summed E-state index contributed by atoms with van der Waals surface area (Å²) < 4.78 is 11.1. The van der Waals surface area contributed by atoms with Crippen molar-refractivity contribution in [1.29, 1.82) is 0 Å². The molecule has 1 aromatic carbocycles. The summed E-state index contributed by atoms with van der Waals surface area (Å²) in [6.45, 7) is 7.11. The molecule has 1 fully saturated rings. The average molecular weight is 303 g/mol. The fraction of sp³-hybridized carbons (Fsp3) is 0.500. The monoisotopic (exact) mass is 303 g/mol. The molecule has 4 nitrogen and oxygen atoms in total. The molecular formula is C18H25NO3. The van der Waals surface area contributed by atoms with Crippen LogP contribution in [-0.4, -0.2) is 25.2 Å². The molecule has 22 heavy (non-hydrogen) atoms. The lowest BCUT2D eigenvalue weighted by Crippen LogP contribution is -2.32. The number of benzene rings is 1. The lowest BCUT2D eigenvalue weighted by molar-refractivity contribution is -0.117. The van der Waals surface area contributed by atoms with Gasteiger partial charge in [0.05, 0.1) is 13.2 Å². The molecule has 2 rings (SSSR count). The number of hydrogen-bond acceptors (Lipinski definition) is 3. The average Bonchev–Trinajstić information content (AvgIpc) is 3.32. The van der Waals surface area contributed by atoms with E-state index in [-0.39, 0.29) is 11.9 Å². The highest BCUT2D eigenvalue weighted by Crippen LogP contribution is 2.32. The number of nitrogens with one attached hydrogen (secondary N) is 1. The van der Waals surface area contributed by atoms with Gasteiger partial charge in [0.25, 0.3) is 0 Å². The summed E-state index contributed by atoms with van der Waals surface area (Å²) >= 11 is 0. The quantitative estimate of drug-likeness (QED) is 0.749. The Bertz CT molecular complexity index is 535. The van der Waals surface area contributed by atoms with Crippen LogP contribution >= 0.6 is 0 Å². The highest BCUT2D eigenvalue weighted by Gasteiger charge is 2.28. The molecule has 120 valence electrons. The van der Waals surface area contributed by atoms with Gasteiger partial charge in [-0.15, -0.1) is 0 Å². The molecule has 1 atom stereocenters. The summed E-state index contributed by atoms with van der Waals surface area (Å²) in [5, 5.41) is 3.00. The standard InChI is InChI=1S/C18H25NO3/c1-4-21-16-10-6-14(12-17(16)22-5-2)7-11-18(20)19-13(3)15-8-9-15/h6-7,10-13,15H,4-5,8-9H2,1-3H3,(H,19,20)/b11-7+. The minimum Gasteiger partial charge on any atom is -0.490 e. The SMILES string of the molecule is CCOc1ccc(/C=C/C(=O)NC(C)C2CC2)cc1OCC. The van der Waals surface area contributed by atoms with Gasteiger partial charge in [-0.25, -0.2) is 0 Å². The van der Waals surface area contributed by atoms with Crippen LogP contribution in [0.2, 0.25) is 0 Å². The summed E-state index contributed by atoms with van der Waals surface area (Å²) in [5.41, 5.74) is 0.918. The van der Waals surface area contributed by atoms with Gasteiger partial charge in [0.2, 0.25) is 5.91 Å². The van der Waals surface area contributed by atoms with Crippen LogP contribution in [0, 0.1) is 5.92 Å². The minimum absolute atomic E-state index is 0.0498. The zero-order valence-electron chi connectivity index (χ0n) is 13.6. The third-order valence-electron chi connectivity index (χ3n) is 3.69. The largest absolute Gasteiger partial charge is 0.490 e. The third-order valence-corrected chi connectivity index (χ3v) is 3.69. The van der Waals surface area contributed by atoms with Gasteiger partial charge in [-0.05, 0) is 63.3 Å². The van der Waals surface area contributed by atoms with Gasteiger partial charge in [0.1, 0.15) is 0 Å². The van der Waals surface area contributed by atoms with E-state index in [9.17, 15) is 4.79 Å². The van der Waals surface area contributed by atoms with Gasteiger partial charge >= 0.3 is 0 Å². The maximum absolute atomic E-state index is 11.9. The zero-order chi connectivity index (χ0) is 15.9. The normalized spacial score (nSPS) is 15.6. The van der Waals surface area contributed by atoms with Crippen LogP contribution in [0.4, 0.5) is 0 Å². The van der Waals surface area contributed by atoms with Gasteiger partial charge in [0, 0.05) is 12.1 Å². The molecule has 1 amide bonds. The molecule has 4 heteroatoms. The second-order valence-corrected chi connectivity index (χ2v) is 5.54. The molecule has 0 aliphatic heterocycles. The highest BCUT2D eigenvalue weighted by atomic mass is 16.5. The minimum atomic E-state index is -0.0498. The van der Waals surface area contributed by atoms with Crippen LogP contribution in [0.1, 0.15) is 39.2 Å². The number of carbonyl (C=O) groups excluding carboxylic acids is 1. The Hall–Kier alpha value is -1.97. The highest BCUT2D eigenvalue weighted by molar-refractivity contribution is 5.92. The molecule has 0 aromatic heterocycles. The van der Waals surface area contributed by atoms with Crippen molar-refractivity contribution in [3.8, 4) is 11.5 Å². The van der Waals surface area contributed by atoms with Crippen molar-refractivity contribution in [2.24, 2.45) is 5.92 Å². The van der Waals surface area contributed by atoms with E-state index < -0.39 is 0 Å². The third kappa shape index (κ3) is 4.79. The number of carbonyl (C=O) groups is 1. The first kappa shape index (κ1) is 16.4. The summed E-state index contributed by atoms with van der Waals surface area (Å²) in [7, 11) is 0. The first-order valence-corrected chi connectivity index (χ1v) is 8.02. The van der Waals surface area contributed by atoms with E-state index >= 15 is 0 Å². The molecule has 1 N–H and O–H groups in total. The maximum atomic E-state index is 11.9. The Kier molecular flexibility index (Phi) is 5.87. The molecule has 0 spiro atoms. The molecule has 0 heterocycles. The summed E-state index contributed by atoms with van der Waals surface area (Å²) in [4.78, 5) is 11.9. The van der Waals surface area contributed by atoms with Gasteiger partial charge < -0.3 is 14.8 Å². The Morgan fingerprint density at radius 3 is 2.59 bits per heavy atom. The Balaban J connectivity index is 1.99. The molecule has 1 unspecified atom stereocenters. The summed E-state index contributed by atoms with van der Waals surface area (Å²) in [6, 6.07) is 5.94. The summed E-state index contributed by atoms with van der Waals surface area (Å²) in [5.74, 6) is 2.05. The first-order valence-electron chi connectivity index (χ1n) is 8.02. The fourth-order valence-corrected chi connectivity index (χ4v) is 2.33. The van der Waals surface area contributed by atoms with E-state index in [0.717, 1.165) is 11.3 Å². The Morgan fingerprint density at radius 2 is 1.95 bits per heavy atom. The maximum Gasteiger partial charge on any atom is 0.244 e. The number of amides is 1. The van der Waals surface area contributed by atoms with Crippen molar-refractivity contribution in [2.45, 2.75) is 39.7 Å². The van der Waals surface area contributed by atoms with Crippen LogP contribution in [-0.2, 0) is 4.79 Å². The molecule has 0 radical (unpaired) electrons. The van der Waals surface area contributed by atoms with E-state index in [4.69, 9.17) is 9.47 Å². The summed E-state index contributed by atoms with van der Waals surface area (Å²) in [6.07, 6.45) is 5.82. The topological polar surface area (TPSA) is 47.6 Å². The van der Waals surface area contributed by atoms with Crippen molar-refractivity contribution >= 4 is 12.0 Å². The van der Waals surface area contributed by atoms with Gasteiger partial charge in [0.15, 0.2) is 11.5 Å². The Morgan fingerprint density at radius 1 is 1.27 bits per heavy atom. The van der Waals surface area contributed by atoms with Crippen molar-refractivity contribution in [3.05, 3.63) is 29.8 Å². The van der Waals surface area contributed by atoms with E-state index in [1.54, 1.807) is 12.2 Å². The Labute approximate surface area is 132 Å². The predicted octanol–water partition coefficient (Wildman–Crippen LogP) is 3.41. The second kappa shape index (κ2) is 7.87. The number of hydrogen-bond donors (Lipinski definition) is 1. The van der Waals surface area contributed by atoms with Gasteiger partial charge in [-0.1, -0.05) is 6.07 Å². The van der Waals surface area contributed by atoms with Gasteiger partial charge in [-0.3, -0.25) is 4.79 Å². The number of ether oxygens (including phenoxy) is 2. The molecule has 1 saturated carbocycles. The number of rotatable bonds is 8. The van der Waals surface area contributed by atoms with Crippen molar-refractivity contribution in [3.63, 3.8) is 0 Å². The first-order chi connectivity index (χ1) is 10.6. The van der Waals surface area contributed by atoms with Crippen LogP contribution in [0.5, 0.6) is 11.5 Å². The van der Waals surface area contributed by atoms with Crippen LogP contribution in [0.15, 0.2) is 24.3 Å². The molecular weight excluding hydrogens is 278 g/mol. The predicted molar refractivity (Wildman–Crippen MR) is 88.1 cm³/mol. The molecule has 0 saturated heterocycles. The van der Waals surface area contributed by atoms with Crippen molar-refractivity contribution < 1.29 is 14.3 Å². The molecule has 1 aliphatic carbocycles. The van der Waals surface area contributed by atoms with E-state index in [1.807, 2.05) is 32.0 Å². The zero-order valence-corrected chi connectivity index (χ0v) is 13.6. The van der Waals surface area contributed by atoms with Crippen LogP contribution < -0.4 is 14.8 Å². The van der Waals surface area contributed by atoms with Crippen LogP contribution in [0.25, 0.3) is 6.08 Å².